The van der Waals surface area contributed by atoms with Gasteiger partial charge in [0.2, 0.25) is 0 Å². The molecule has 2 nitrogen and oxygen atoms in total. The fourth-order valence-electron chi connectivity index (χ4n) is 2.10. The lowest BCUT2D eigenvalue weighted by Crippen LogP contribution is -2.24. The van der Waals surface area contributed by atoms with E-state index in [1.54, 1.807) is 0 Å². The minimum Gasteiger partial charge on any atom is -0.466 e. The summed E-state index contributed by atoms with van der Waals surface area (Å²) >= 11 is 0. The molecular formula is C11H20O2. The number of esters is 1. The molecule has 0 saturated heterocycles. The Kier molecular flexibility index (Phi) is 4.26. The molecule has 0 N–H and O–H groups in total. The van der Waals surface area contributed by atoms with Crippen molar-refractivity contribution in [2.45, 2.75) is 46.0 Å². The van der Waals surface area contributed by atoms with Gasteiger partial charge in [0.05, 0.1) is 12.5 Å². The minimum atomic E-state index is -0.00519. The molecule has 13 heavy (non-hydrogen) atoms. The van der Waals surface area contributed by atoms with E-state index < -0.39 is 0 Å². The standard InChI is InChI=1S/C11H20O2/c1-3-13-11(12)9(2)10-7-5-4-6-8-10/h9-10H,3-8H2,1-2H3/t9-/m1/s1. The van der Waals surface area contributed by atoms with Gasteiger partial charge in [-0.1, -0.05) is 26.2 Å². The van der Waals surface area contributed by atoms with Crippen molar-refractivity contribution < 1.29 is 9.53 Å². The summed E-state index contributed by atoms with van der Waals surface area (Å²) in [5.41, 5.74) is 0. The Bertz CT molecular complexity index is 159. The molecular weight excluding hydrogens is 164 g/mol. The Morgan fingerprint density at radius 3 is 2.54 bits per heavy atom. The maximum absolute atomic E-state index is 11.4. The predicted octanol–water partition coefficient (Wildman–Crippen LogP) is 2.77. The van der Waals surface area contributed by atoms with Crippen molar-refractivity contribution in [1.82, 2.24) is 0 Å². The van der Waals surface area contributed by atoms with E-state index in [2.05, 4.69) is 0 Å². The summed E-state index contributed by atoms with van der Waals surface area (Å²) in [5, 5.41) is 0. The van der Waals surface area contributed by atoms with Crippen molar-refractivity contribution in [2.24, 2.45) is 11.8 Å². The number of hydrogen-bond acceptors (Lipinski definition) is 2. The fraction of sp³-hybridized carbons (Fsp3) is 0.909. The minimum absolute atomic E-state index is 0.00519. The molecule has 1 saturated carbocycles. The zero-order valence-corrected chi connectivity index (χ0v) is 8.71. The molecule has 0 unspecified atom stereocenters. The molecule has 1 aliphatic carbocycles. The van der Waals surface area contributed by atoms with E-state index in [0.29, 0.717) is 12.5 Å². The van der Waals surface area contributed by atoms with Crippen LogP contribution in [0.1, 0.15) is 46.0 Å². The van der Waals surface area contributed by atoms with Gasteiger partial charge in [0.15, 0.2) is 0 Å². The number of carbonyl (C=O) groups is 1. The quantitative estimate of drug-likeness (QED) is 0.630. The third-order valence-electron chi connectivity index (χ3n) is 3.02. The Labute approximate surface area is 80.7 Å². The maximum Gasteiger partial charge on any atom is 0.308 e. The van der Waals surface area contributed by atoms with Gasteiger partial charge in [-0.2, -0.15) is 0 Å². The lowest BCUT2D eigenvalue weighted by molar-refractivity contribution is -0.149. The van der Waals surface area contributed by atoms with Gasteiger partial charge in [-0.25, -0.2) is 0 Å². The van der Waals surface area contributed by atoms with Crippen LogP contribution in [0.4, 0.5) is 0 Å². The summed E-state index contributed by atoms with van der Waals surface area (Å²) in [6.45, 7) is 4.38. The highest BCUT2D eigenvalue weighted by molar-refractivity contribution is 5.72. The molecule has 0 heterocycles. The number of rotatable bonds is 3. The molecule has 76 valence electrons. The Morgan fingerprint density at radius 2 is 2.00 bits per heavy atom. The third-order valence-corrected chi connectivity index (χ3v) is 3.02. The first-order chi connectivity index (χ1) is 6.25. The summed E-state index contributed by atoms with van der Waals surface area (Å²) in [5.74, 6) is 0.683. The van der Waals surface area contributed by atoms with Crippen molar-refractivity contribution in [3.8, 4) is 0 Å². The number of carbonyl (C=O) groups excluding carboxylic acids is 1. The number of hydrogen-bond donors (Lipinski definition) is 0. The zero-order valence-electron chi connectivity index (χ0n) is 8.71. The second-order valence-electron chi connectivity index (χ2n) is 3.94. The normalized spacial score (nSPS) is 21.1. The highest BCUT2D eigenvalue weighted by atomic mass is 16.5. The van der Waals surface area contributed by atoms with Crippen LogP contribution in [0.25, 0.3) is 0 Å². The van der Waals surface area contributed by atoms with Crippen molar-refractivity contribution in [2.75, 3.05) is 6.61 Å². The van der Waals surface area contributed by atoms with Crippen LogP contribution >= 0.6 is 0 Å². The highest BCUT2D eigenvalue weighted by Crippen LogP contribution is 2.30. The molecule has 2 heteroatoms. The largest absolute Gasteiger partial charge is 0.466 e. The maximum atomic E-state index is 11.4. The van der Waals surface area contributed by atoms with Crippen molar-refractivity contribution >= 4 is 5.97 Å². The fourth-order valence-corrected chi connectivity index (χ4v) is 2.10. The van der Waals surface area contributed by atoms with Crippen LogP contribution in [0.3, 0.4) is 0 Å². The van der Waals surface area contributed by atoms with Crippen LogP contribution in [0.2, 0.25) is 0 Å². The molecule has 1 atom stereocenters. The summed E-state index contributed by atoms with van der Waals surface area (Å²) in [7, 11) is 0. The Morgan fingerprint density at radius 1 is 1.38 bits per heavy atom. The zero-order chi connectivity index (χ0) is 9.68. The average molecular weight is 184 g/mol. The smallest absolute Gasteiger partial charge is 0.308 e. The lowest BCUT2D eigenvalue weighted by Gasteiger charge is -2.25. The third kappa shape index (κ3) is 3.02. The lowest BCUT2D eigenvalue weighted by atomic mass is 9.81. The van der Waals surface area contributed by atoms with Crippen LogP contribution in [0.5, 0.6) is 0 Å². The molecule has 0 aromatic heterocycles. The van der Waals surface area contributed by atoms with Crippen LogP contribution in [-0.4, -0.2) is 12.6 Å². The van der Waals surface area contributed by atoms with Crippen LogP contribution < -0.4 is 0 Å². The van der Waals surface area contributed by atoms with Crippen LogP contribution in [-0.2, 0) is 9.53 Å². The molecule has 1 rings (SSSR count). The highest BCUT2D eigenvalue weighted by Gasteiger charge is 2.26. The average Bonchev–Trinajstić information content (AvgIpc) is 2.18. The molecule has 0 amide bonds. The van der Waals surface area contributed by atoms with Crippen LogP contribution in [0, 0.1) is 11.8 Å². The van der Waals surface area contributed by atoms with E-state index >= 15 is 0 Å². The van der Waals surface area contributed by atoms with Crippen molar-refractivity contribution in [3.63, 3.8) is 0 Å². The molecule has 0 spiro atoms. The first kappa shape index (κ1) is 10.6. The van der Waals surface area contributed by atoms with E-state index in [1.165, 1.54) is 32.1 Å². The Balaban J connectivity index is 2.35. The van der Waals surface area contributed by atoms with Crippen molar-refractivity contribution in [3.05, 3.63) is 0 Å². The molecule has 0 bridgehead atoms. The second-order valence-corrected chi connectivity index (χ2v) is 3.94. The molecule has 0 aliphatic heterocycles. The second kappa shape index (κ2) is 5.25. The first-order valence-corrected chi connectivity index (χ1v) is 5.42. The van der Waals surface area contributed by atoms with Gasteiger partial charge in [0.1, 0.15) is 0 Å². The van der Waals surface area contributed by atoms with E-state index in [0.717, 1.165) is 0 Å². The predicted molar refractivity (Wildman–Crippen MR) is 52.4 cm³/mol. The summed E-state index contributed by atoms with van der Waals surface area (Å²) in [6.07, 6.45) is 6.33. The van der Waals surface area contributed by atoms with E-state index in [4.69, 9.17) is 4.74 Å². The first-order valence-electron chi connectivity index (χ1n) is 5.42. The summed E-state index contributed by atoms with van der Waals surface area (Å²) in [6, 6.07) is 0. The van der Waals surface area contributed by atoms with Gasteiger partial charge in [-0.3, -0.25) is 4.79 Å². The van der Waals surface area contributed by atoms with Gasteiger partial charge >= 0.3 is 5.97 Å². The topological polar surface area (TPSA) is 26.3 Å². The molecule has 1 fully saturated rings. The van der Waals surface area contributed by atoms with E-state index in [-0.39, 0.29) is 11.9 Å². The van der Waals surface area contributed by atoms with Crippen molar-refractivity contribution in [1.29, 1.82) is 0 Å². The molecule has 0 aromatic carbocycles. The molecule has 1 aliphatic rings. The van der Waals surface area contributed by atoms with Gasteiger partial charge < -0.3 is 4.74 Å². The van der Waals surface area contributed by atoms with Gasteiger partial charge in [-0.05, 0) is 25.7 Å². The molecule has 0 aromatic rings. The summed E-state index contributed by atoms with van der Waals surface area (Å²) < 4.78 is 5.02. The van der Waals surface area contributed by atoms with Gasteiger partial charge in [0.25, 0.3) is 0 Å². The van der Waals surface area contributed by atoms with Gasteiger partial charge in [-0.15, -0.1) is 0 Å². The van der Waals surface area contributed by atoms with Crippen LogP contribution in [0.15, 0.2) is 0 Å². The number of ether oxygens (including phenoxy) is 1. The monoisotopic (exact) mass is 184 g/mol. The SMILES string of the molecule is CCOC(=O)[C@H](C)C1CCCCC1. The molecule has 0 radical (unpaired) electrons. The Hall–Kier alpha value is -0.530. The van der Waals surface area contributed by atoms with E-state index in [1.807, 2.05) is 13.8 Å². The summed E-state index contributed by atoms with van der Waals surface area (Å²) in [4.78, 5) is 11.4. The van der Waals surface area contributed by atoms with E-state index in [9.17, 15) is 4.79 Å². The van der Waals surface area contributed by atoms with Gasteiger partial charge in [0, 0.05) is 0 Å².